The normalized spacial score (nSPS) is 12.7. The number of nitrogens with zero attached hydrogens (tertiary/aromatic N) is 2. The largest absolute Gasteiger partial charge is 0.507 e. The number of fused-ring (bicyclic) bond motifs is 1. The number of hydrogen-bond donors (Lipinski definition) is 3. The van der Waals surface area contributed by atoms with Crippen LogP contribution in [0.1, 0.15) is 41.3 Å². The lowest BCUT2D eigenvalue weighted by atomic mass is 10.1. The van der Waals surface area contributed by atoms with E-state index < -0.39 is 0 Å². The number of phenols is 1. The van der Waals surface area contributed by atoms with E-state index in [4.69, 9.17) is 0 Å². The summed E-state index contributed by atoms with van der Waals surface area (Å²) in [4.78, 5) is 32.3. The molecule has 0 bridgehead atoms. The van der Waals surface area contributed by atoms with E-state index in [0.29, 0.717) is 22.8 Å². The minimum absolute atomic E-state index is 0.0154. The van der Waals surface area contributed by atoms with Crippen molar-refractivity contribution in [2.24, 2.45) is 5.92 Å². The van der Waals surface area contributed by atoms with Crippen molar-refractivity contribution < 1.29 is 14.7 Å². The molecule has 7 nitrogen and oxygen atoms in total. The third kappa shape index (κ3) is 3.94. The Morgan fingerprint density at radius 1 is 1.10 bits per heavy atom. The first-order valence-corrected chi connectivity index (χ1v) is 9.59. The van der Waals surface area contributed by atoms with E-state index in [1.807, 2.05) is 0 Å². The first-order valence-electron chi connectivity index (χ1n) is 9.59. The van der Waals surface area contributed by atoms with Gasteiger partial charge in [-0.2, -0.15) is 0 Å². The van der Waals surface area contributed by atoms with Gasteiger partial charge in [-0.1, -0.05) is 11.8 Å². The number of pyridine rings is 2. The molecule has 150 valence electrons. The summed E-state index contributed by atoms with van der Waals surface area (Å²) in [7, 11) is 1.77. The molecular formula is C23H20N4O3. The van der Waals surface area contributed by atoms with Gasteiger partial charge in [0.05, 0.1) is 11.1 Å². The Morgan fingerprint density at radius 2 is 1.90 bits per heavy atom. The first kappa shape index (κ1) is 19.4. The summed E-state index contributed by atoms with van der Waals surface area (Å²) in [6.45, 7) is 1.40. The molecule has 0 aliphatic heterocycles. The van der Waals surface area contributed by atoms with Gasteiger partial charge in [-0.05, 0) is 44.0 Å². The molecule has 2 aromatic heterocycles. The van der Waals surface area contributed by atoms with E-state index in [2.05, 4.69) is 32.4 Å². The van der Waals surface area contributed by atoms with Crippen LogP contribution in [0, 0.1) is 17.8 Å². The molecule has 7 heteroatoms. The molecule has 3 N–H and O–H groups in total. The first-order chi connectivity index (χ1) is 14.5. The molecule has 2 heterocycles. The molecule has 4 rings (SSSR count). The van der Waals surface area contributed by atoms with Gasteiger partial charge in [-0.15, -0.1) is 0 Å². The number of carbonyl (C=O) groups is 2. The maximum absolute atomic E-state index is 12.1. The molecule has 0 radical (unpaired) electrons. The molecule has 3 aromatic rings. The zero-order chi connectivity index (χ0) is 21.3. The molecule has 1 saturated carbocycles. The number of nitrogens with one attached hydrogen (secondary N) is 2. The van der Waals surface area contributed by atoms with Crippen molar-refractivity contribution in [1.82, 2.24) is 9.97 Å². The fourth-order valence-electron chi connectivity index (χ4n) is 3.12. The zero-order valence-corrected chi connectivity index (χ0v) is 16.6. The SMILES string of the molecule is CNc1ncc(C#Cc2ccc(C(C)=O)c(O)c2)c2cc(NC(=O)C3CC3)ncc12. The Kier molecular flexibility index (Phi) is 5.07. The fourth-order valence-corrected chi connectivity index (χ4v) is 3.12. The Balaban J connectivity index is 1.73. The highest BCUT2D eigenvalue weighted by Gasteiger charge is 2.29. The minimum Gasteiger partial charge on any atom is -0.507 e. The van der Waals surface area contributed by atoms with Crippen LogP contribution >= 0.6 is 0 Å². The number of rotatable bonds is 4. The number of carbonyl (C=O) groups excluding carboxylic acids is 2. The summed E-state index contributed by atoms with van der Waals surface area (Å²) in [5.41, 5.74) is 1.48. The molecule has 1 aromatic carbocycles. The van der Waals surface area contributed by atoms with Crippen LogP contribution in [0.3, 0.4) is 0 Å². The third-order valence-electron chi connectivity index (χ3n) is 4.93. The number of aromatic nitrogens is 2. The molecule has 0 atom stereocenters. The number of ketones is 1. The van der Waals surface area contributed by atoms with Gasteiger partial charge >= 0.3 is 0 Å². The molecule has 1 aliphatic rings. The molecule has 1 fully saturated rings. The van der Waals surface area contributed by atoms with Gasteiger partial charge in [-0.25, -0.2) is 9.97 Å². The topological polar surface area (TPSA) is 104 Å². The van der Waals surface area contributed by atoms with Crippen molar-refractivity contribution in [3.63, 3.8) is 0 Å². The highest BCUT2D eigenvalue weighted by Crippen LogP contribution is 2.31. The Hall–Kier alpha value is -3.92. The van der Waals surface area contributed by atoms with Crippen LogP contribution in [0.5, 0.6) is 5.75 Å². The van der Waals surface area contributed by atoms with E-state index >= 15 is 0 Å². The standard InChI is InChI=1S/C23H20N4O3/c1-13(28)17-8-4-14(9-20(17)29)3-5-16-11-26-22(24-2)19-12-25-21(10-18(16)19)27-23(30)15-6-7-15/h4,8-12,15,29H,6-7H2,1-2H3,(H,24,26)(H,25,27,30). The predicted molar refractivity (Wildman–Crippen MR) is 115 cm³/mol. The molecule has 1 amide bonds. The smallest absolute Gasteiger partial charge is 0.228 e. The monoisotopic (exact) mass is 400 g/mol. The number of Topliss-reactive ketones (excluding diaryl/α,β-unsaturated/α-hetero) is 1. The average molecular weight is 400 g/mol. The molecule has 0 spiro atoms. The van der Waals surface area contributed by atoms with Crippen LogP contribution < -0.4 is 10.6 Å². The summed E-state index contributed by atoms with van der Waals surface area (Å²) in [5.74, 6) is 6.95. The van der Waals surface area contributed by atoms with E-state index in [-0.39, 0.29) is 28.9 Å². The summed E-state index contributed by atoms with van der Waals surface area (Å²) in [6, 6.07) is 6.49. The van der Waals surface area contributed by atoms with Gasteiger partial charge in [0.15, 0.2) is 5.78 Å². The van der Waals surface area contributed by atoms with Crippen LogP contribution in [0.2, 0.25) is 0 Å². The van der Waals surface area contributed by atoms with Gasteiger partial charge in [-0.3, -0.25) is 9.59 Å². The van der Waals surface area contributed by atoms with Crippen molar-refractivity contribution in [2.75, 3.05) is 17.7 Å². The average Bonchev–Trinajstić information content (AvgIpc) is 3.57. The number of amides is 1. The summed E-state index contributed by atoms with van der Waals surface area (Å²) < 4.78 is 0. The minimum atomic E-state index is -0.210. The number of phenolic OH excluding ortho intramolecular Hbond substituents is 1. The van der Waals surface area contributed by atoms with Crippen molar-refractivity contribution in [3.05, 3.63) is 53.3 Å². The van der Waals surface area contributed by atoms with Gasteiger partial charge in [0.1, 0.15) is 17.4 Å². The second-order valence-corrected chi connectivity index (χ2v) is 7.19. The summed E-state index contributed by atoms with van der Waals surface area (Å²) in [6.07, 6.45) is 5.14. The summed E-state index contributed by atoms with van der Waals surface area (Å²) in [5, 5.41) is 17.5. The second-order valence-electron chi connectivity index (χ2n) is 7.19. The number of hydrogen-bond acceptors (Lipinski definition) is 6. The van der Waals surface area contributed by atoms with E-state index in [0.717, 1.165) is 23.6 Å². The van der Waals surface area contributed by atoms with Gasteiger partial charge in [0.2, 0.25) is 5.91 Å². The molecule has 1 aliphatic carbocycles. The Morgan fingerprint density at radius 3 is 2.57 bits per heavy atom. The lowest BCUT2D eigenvalue weighted by Crippen LogP contribution is -2.14. The van der Waals surface area contributed by atoms with E-state index in [1.165, 1.54) is 13.0 Å². The van der Waals surface area contributed by atoms with Crippen LogP contribution in [-0.2, 0) is 4.79 Å². The van der Waals surface area contributed by atoms with Crippen molar-refractivity contribution in [2.45, 2.75) is 19.8 Å². The highest BCUT2D eigenvalue weighted by atomic mass is 16.3. The lowest BCUT2D eigenvalue weighted by Gasteiger charge is -2.09. The fraction of sp³-hybridized carbons (Fsp3) is 0.217. The van der Waals surface area contributed by atoms with Crippen molar-refractivity contribution in [1.29, 1.82) is 0 Å². The van der Waals surface area contributed by atoms with Gasteiger partial charge in [0.25, 0.3) is 0 Å². The second kappa shape index (κ2) is 7.84. The van der Waals surface area contributed by atoms with E-state index in [1.54, 1.807) is 37.6 Å². The van der Waals surface area contributed by atoms with Gasteiger partial charge in [0, 0.05) is 41.7 Å². The maximum Gasteiger partial charge on any atom is 0.228 e. The van der Waals surface area contributed by atoms with Crippen LogP contribution in [0.15, 0.2) is 36.7 Å². The Bertz CT molecular complexity index is 1240. The molecule has 30 heavy (non-hydrogen) atoms. The van der Waals surface area contributed by atoms with Crippen LogP contribution in [-0.4, -0.2) is 33.8 Å². The summed E-state index contributed by atoms with van der Waals surface area (Å²) >= 11 is 0. The number of aromatic hydroxyl groups is 1. The predicted octanol–water partition coefficient (Wildman–Crippen LogP) is 3.33. The van der Waals surface area contributed by atoms with E-state index in [9.17, 15) is 14.7 Å². The van der Waals surface area contributed by atoms with Crippen LogP contribution in [0.25, 0.3) is 10.8 Å². The maximum atomic E-state index is 12.1. The number of anilines is 2. The molecule has 0 unspecified atom stereocenters. The number of benzene rings is 1. The van der Waals surface area contributed by atoms with Gasteiger partial charge < -0.3 is 15.7 Å². The lowest BCUT2D eigenvalue weighted by molar-refractivity contribution is -0.117. The van der Waals surface area contributed by atoms with Crippen molar-refractivity contribution >= 4 is 34.1 Å². The van der Waals surface area contributed by atoms with Crippen molar-refractivity contribution in [3.8, 4) is 17.6 Å². The highest BCUT2D eigenvalue weighted by molar-refractivity contribution is 5.99. The van der Waals surface area contributed by atoms with Crippen LogP contribution in [0.4, 0.5) is 11.6 Å². The zero-order valence-electron chi connectivity index (χ0n) is 16.6. The molecule has 0 saturated heterocycles. The quantitative estimate of drug-likeness (QED) is 0.458. The third-order valence-corrected chi connectivity index (χ3v) is 4.93. The molecular weight excluding hydrogens is 380 g/mol. The Labute approximate surface area is 173 Å².